The summed E-state index contributed by atoms with van der Waals surface area (Å²) in [5.74, 6) is -0.0871. The van der Waals surface area contributed by atoms with E-state index in [0.717, 1.165) is 70.6 Å². The van der Waals surface area contributed by atoms with Crippen molar-refractivity contribution < 1.29 is 19.1 Å². The van der Waals surface area contributed by atoms with Gasteiger partial charge in [0, 0.05) is 12.8 Å². The van der Waals surface area contributed by atoms with Crippen LogP contribution in [0.15, 0.2) is 0 Å². The highest BCUT2D eigenvalue weighted by atomic mass is 16.5. The molecule has 0 saturated heterocycles. The maximum absolute atomic E-state index is 11.9. The lowest BCUT2D eigenvalue weighted by Gasteiger charge is -2.15. The predicted octanol–water partition coefficient (Wildman–Crippen LogP) is 7.52. The fourth-order valence-electron chi connectivity index (χ4n) is 3.41. The van der Waals surface area contributed by atoms with Gasteiger partial charge in [0.15, 0.2) is 0 Å². The molecule has 0 aromatic carbocycles. The van der Waals surface area contributed by atoms with Crippen LogP contribution >= 0.6 is 0 Å². The van der Waals surface area contributed by atoms with Gasteiger partial charge in [0.25, 0.3) is 0 Å². The highest BCUT2D eigenvalue weighted by Gasteiger charge is 2.11. The Labute approximate surface area is 180 Å². The minimum absolute atomic E-state index is 0.0407. The van der Waals surface area contributed by atoms with Crippen LogP contribution in [0, 0.1) is 0 Å². The molecule has 0 fully saturated rings. The minimum atomic E-state index is -0.0464. The second-order valence-electron chi connectivity index (χ2n) is 8.27. The average molecular weight is 413 g/mol. The molecule has 1 atom stereocenters. The van der Waals surface area contributed by atoms with Gasteiger partial charge in [0.2, 0.25) is 0 Å². The molecule has 0 heterocycles. The lowest BCUT2D eigenvalue weighted by molar-refractivity contribution is -0.149. The molecule has 1 unspecified atom stereocenters. The van der Waals surface area contributed by atoms with Crippen LogP contribution in [0.3, 0.4) is 0 Å². The van der Waals surface area contributed by atoms with Crippen LogP contribution in [0.5, 0.6) is 0 Å². The van der Waals surface area contributed by atoms with E-state index < -0.39 is 0 Å². The van der Waals surface area contributed by atoms with Crippen molar-refractivity contribution in [1.82, 2.24) is 0 Å². The zero-order valence-corrected chi connectivity index (χ0v) is 19.6. The fraction of sp³-hybridized carbons (Fsp3) is 0.920. The van der Waals surface area contributed by atoms with Crippen LogP contribution in [0.4, 0.5) is 0 Å². The summed E-state index contributed by atoms with van der Waals surface area (Å²) in [5, 5.41) is 0. The highest BCUT2D eigenvalue weighted by Crippen LogP contribution is 2.13. The molecule has 0 N–H and O–H groups in total. The molecule has 0 radical (unpaired) electrons. The van der Waals surface area contributed by atoms with Gasteiger partial charge in [-0.05, 0) is 32.1 Å². The lowest BCUT2D eigenvalue weighted by atomic mass is 10.1. The van der Waals surface area contributed by atoms with Crippen molar-refractivity contribution in [1.29, 1.82) is 0 Å². The van der Waals surface area contributed by atoms with Crippen molar-refractivity contribution in [2.75, 3.05) is 6.61 Å². The first-order valence-electron chi connectivity index (χ1n) is 12.5. The summed E-state index contributed by atoms with van der Waals surface area (Å²) in [6.07, 6.45) is 18.8. The van der Waals surface area contributed by atoms with E-state index in [0.29, 0.717) is 19.4 Å². The second-order valence-corrected chi connectivity index (χ2v) is 8.27. The Hall–Kier alpha value is -1.06. The maximum Gasteiger partial charge on any atom is 0.306 e. The van der Waals surface area contributed by atoms with Crippen LogP contribution in [0.1, 0.15) is 136 Å². The summed E-state index contributed by atoms with van der Waals surface area (Å²) in [6.45, 7) is 7.04. The normalized spacial score (nSPS) is 12.0. The number of rotatable bonds is 21. The van der Waals surface area contributed by atoms with Crippen molar-refractivity contribution in [3.8, 4) is 0 Å². The molecule has 0 aliphatic carbocycles. The monoisotopic (exact) mass is 412 g/mol. The van der Waals surface area contributed by atoms with Gasteiger partial charge >= 0.3 is 11.9 Å². The summed E-state index contributed by atoms with van der Waals surface area (Å²) in [4.78, 5) is 23.6. The van der Waals surface area contributed by atoms with E-state index in [4.69, 9.17) is 9.47 Å². The van der Waals surface area contributed by atoms with Gasteiger partial charge in [-0.15, -0.1) is 0 Å². The van der Waals surface area contributed by atoms with Crippen LogP contribution in [0.2, 0.25) is 0 Å². The van der Waals surface area contributed by atoms with Crippen molar-refractivity contribution in [2.45, 2.75) is 142 Å². The quantitative estimate of drug-likeness (QED) is 0.144. The molecule has 4 heteroatoms. The van der Waals surface area contributed by atoms with Gasteiger partial charge in [-0.2, -0.15) is 0 Å². The third-order valence-electron chi connectivity index (χ3n) is 5.41. The largest absolute Gasteiger partial charge is 0.466 e. The summed E-state index contributed by atoms with van der Waals surface area (Å²) in [5.41, 5.74) is 0. The number of carbonyl (C=O) groups excluding carboxylic acids is 2. The Kier molecular flexibility index (Phi) is 20.9. The van der Waals surface area contributed by atoms with E-state index in [1.807, 2.05) is 0 Å². The molecule has 0 saturated carbocycles. The van der Waals surface area contributed by atoms with Gasteiger partial charge in [-0.25, -0.2) is 0 Å². The summed E-state index contributed by atoms with van der Waals surface area (Å²) in [7, 11) is 0. The zero-order valence-electron chi connectivity index (χ0n) is 19.6. The van der Waals surface area contributed by atoms with Gasteiger partial charge in [-0.3, -0.25) is 9.59 Å². The standard InChI is InChI=1S/C25H48O4/c1-4-7-9-10-15-18-22-28-24(26)20-16-13-11-12-14-17-21-25(27)29-23(6-3)19-8-5-2/h23H,4-22H2,1-3H3. The first kappa shape index (κ1) is 27.9. The SMILES string of the molecule is CCCCCCCCOC(=O)CCCCCCCCC(=O)OC(CC)CCCC. The van der Waals surface area contributed by atoms with Crippen LogP contribution < -0.4 is 0 Å². The molecule has 0 aliphatic rings. The maximum atomic E-state index is 11.9. The summed E-state index contributed by atoms with van der Waals surface area (Å²) in [6, 6.07) is 0. The van der Waals surface area contributed by atoms with Crippen molar-refractivity contribution >= 4 is 11.9 Å². The molecule has 0 aliphatic heterocycles. The predicted molar refractivity (Wildman–Crippen MR) is 121 cm³/mol. The lowest BCUT2D eigenvalue weighted by Crippen LogP contribution is -2.17. The topological polar surface area (TPSA) is 52.6 Å². The van der Waals surface area contributed by atoms with Crippen molar-refractivity contribution in [3.05, 3.63) is 0 Å². The molecule has 4 nitrogen and oxygen atoms in total. The van der Waals surface area contributed by atoms with Crippen LogP contribution in [-0.4, -0.2) is 24.6 Å². The number of esters is 2. The Morgan fingerprint density at radius 3 is 1.72 bits per heavy atom. The Morgan fingerprint density at radius 2 is 1.14 bits per heavy atom. The van der Waals surface area contributed by atoms with Gasteiger partial charge in [0.05, 0.1) is 6.61 Å². The second kappa shape index (κ2) is 21.6. The molecule has 172 valence electrons. The molecule has 0 bridgehead atoms. The molecule has 0 aromatic heterocycles. The number of ether oxygens (including phenoxy) is 2. The minimum Gasteiger partial charge on any atom is -0.466 e. The molecule has 0 rings (SSSR count). The van der Waals surface area contributed by atoms with E-state index in [1.54, 1.807) is 0 Å². The third kappa shape index (κ3) is 20.0. The van der Waals surface area contributed by atoms with Crippen molar-refractivity contribution in [3.63, 3.8) is 0 Å². The Morgan fingerprint density at radius 1 is 0.621 bits per heavy atom. The van der Waals surface area contributed by atoms with Crippen LogP contribution in [0.25, 0.3) is 0 Å². The number of hydrogen-bond donors (Lipinski definition) is 0. The molecule has 29 heavy (non-hydrogen) atoms. The first-order valence-corrected chi connectivity index (χ1v) is 12.5. The Bertz CT molecular complexity index is 381. The van der Waals surface area contributed by atoms with E-state index in [9.17, 15) is 9.59 Å². The average Bonchev–Trinajstić information content (AvgIpc) is 2.72. The summed E-state index contributed by atoms with van der Waals surface area (Å²) >= 11 is 0. The fourth-order valence-corrected chi connectivity index (χ4v) is 3.41. The molecule has 0 spiro atoms. The van der Waals surface area contributed by atoms with Gasteiger partial charge in [-0.1, -0.05) is 91.4 Å². The van der Waals surface area contributed by atoms with Crippen molar-refractivity contribution in [2.24, 2.45) is 0 Å². The van der Waals surface area contributed by atoms with Gasteiger partial charge < -0.3 is 9.47 Å². The van der Waals surface area contributed by atoms with E-state index in [-0.39, 0.29) is 18.0 Å². The van der Waals surface area contributed by atoms with E-state index >= 15 is 0 Å². The molecule has 0 amide bonds. The number of carbonyl (C=O) groups is 2. The molecular formula is C25H48O4. The Balaban J connectivity index is 3.41. The van der Waals surface area contributed by atoms with E-state index in [1.165, 1.54) is 32.1 Å². The zero-order chi connectivity index (χ0) is 21.6. The molecule has 0 aromatic rings. The smallest absolute Gasteiger partial charge is 0.306 e. The molecular weight excluding hydrogens is 364 g/mol. The third-order valence-corrected chi connectivity index (χ3v) is 5.41. The summed E-state index contributed by atoms with van der Waals surface area (Å²) < 4.78 is 10.8. The number of hydrogen-bond acceptors (Lipinski definition) is 4. The van der Waals surface area contributed by atoms with E-state index in [2.05, 4.69) is 20.8 Å². The first-order chi connectivity index (χ1) is 14.1. The van der Waals surface area contributed by atoms with Crippen LogP contribution in [-0.2, 0) is 19.1 Å². The highest BCUT2D eigenvalue weighted by molar-refractivity contribution is 5.69. The van der Waals surface area contributed by atoms with Gasteiger partial charge in [0.1, 0.15) is 6.10 Å². The number of unbranched alkanes of at least 4 members (excludes halogenated alkanes) is 11.